The van der Waals surface area contributed by atoms with Crippen LogP contribution in [0.5, 0.6) is 5.75 Å². The quantitative estimate of drug-likeness (QED) is 0.787. The van der Waals surface area contributed by atoms with E-state index < -0.39 is 5.97 Å². The minimum absolute atomic E-state index is 0.00501. The summed E-state index contributed by atoms with van der Waals surface area (Å²) in [4.78, 5) is 25.1. The van der Waals surface area contributed by atoms with Crippen molar-refractivity contribution in [3.8, 4) is 5.75 Å². The molecule has 1 saturated heterocycles. The van der Waals surface area contributed by atoms with Gasteiger partial charge in [0.2, 0.25) is 5.91 Å². The van der Waals surface area contributed by atoms with Gasteiger partial charge in [-0.1, -0.05) is 11.6 Å². The minimum atomic E-state index is -0.824. The first-order valence-corrected chi connectivity index (χ1v) is 8.47. The van der Waals surface area contributed by atoms with E-state index in [9.17, 15) is 9.59 Å². The van der Waals surface area contributed by atoms with Crippen molar-refractivity contribution in [2.24, 2.45) is 0 Å². The van der Waals surface area contributed by atoms with E-state index in [1.54, 1.807) is 30.2 Å². The fraction of sp³-hybridized carbons (Fsp3) is 0.529. The lowest BCUT2D eigenvalue weighted by Crippen LogP contribution is -2.46. The van der Waals surface area contributed by atoms with Gasteiger partial charge in [0, 0.05) is 24.0 Å². The first-order chi connectivity index (χ1) is 11.5. The van der Waals surface area contributed by atoms with Crippen LogP contribution >= 0.6 is 11.6 Å². The van der Waals surface area contributed by atoms with E-state index in [-0.39, 0.29) is 24.9 Å². The van der Waals surface area contributed by atoms with Crippen molar-refractivity contribution in [3.05, 3.63) is 23.2 Å². The van der Waals surface area contributed by atoms with Crippen molar-refractivity contribution in [1.82, 2.24) is 4.90 Å². The molecule has 6 nitrogen and oxygen atoms in total. The molecule has 1 unspecified atom stereocenters. The summed E-state index contributed by atoms with van der Waals surface area (Å²) in [6.07, 6.45) is 3.43. The molecule has 1 aromatic rings. The summed E-state index contributed by atoms with van der Waals surface area (Å²) in [7, 11) is 1.56. The lowest BCUT2D eigenvalue weighted by atomic mass is 9.98. The second kappa shape index (κ2) is 8.78. The molecule has 2 rings (SSSR count). The third-order valence-electron chi connectivity index (χ3n) is 4.23. The number of carbonyl (C=O) groups is 2. The number of methoxy groups -OCH3 is 1. The van der Waals surface area contributed by atoms with Crippen LogP contribution in [-0.2, 0) is 9.59 Å². The number of rotatable bonds is 7. The van der Waals surface area contributed by atoms with Crippen molar-refractivity contribution in [3.63, 3.8) is 0 Å². The number of hydrogen-bond acceptors (Lipinski definition) is 4. The molecule has 1 aromatic carbocycles. The molecule has 24 heavy (non-hydrogen) atoms. The highest BCUT2D eigenvalue weighted by molar-refractivity contribution is 6.30. The minimum Gasteiger partial charge on any atom is -0.495 e. The van der Waals surface area contributed by atoms with Crippen LogP contribution in [0.25, 0.3) is 0 Å². The summed E-state index contributed by atoms with van der Waals surface area (Å²) >= 11 is 5.99. The summed E-state index contributed by atoms with van der Waals surface area (Å²) in [5.41, 5.74) is 0.664. The van der Waals surface area contributed by atoms with Gasteiger partial charge in [-0.05, 0) is 43.9 Å². The molecule has 1 heterocycles. The van der Waals surface area contributed by atoms with Gasteiger partial charge >= 0.3 is 5.97 Å². The average molecular weight is 355 g/mol. The Balaban J connectivity index is 1.97. The van der Waals surface area contributed by atoms with Crippen LogP contribution in [0.15, 0.2) is 18.2 Å². The first kappa shape index (κ1) is 18.4. The molecule has 1 fully saturated rings. The van der Waals surface area contributed by atoms with Gasteiger partial charge in [0.05, 0.1) is 19.3 Å². The molecule has 1 aliphatic heterocycles. The van der Waals surface area contributed by atoms with Gasteiger partial charge in [-0.3, -0.25) is 9.59 Å². The summed E-state index contributed by atoms with van der Waals surface area (Å²) in [6, 6.07) is 5.18. The standard InChI is InChI=1S/C17H23ClN2O4/c1-24-15-7-5-12(18)10-14(15)19-11-16(21)20-9-3-2-4-13(20)6-8-17(22)23/h5,7,10,13,19H,2-4,6,8-9,11H2,1H3,(H,22,23). The number of carbonyl (C=O) groups excluding carboxylic acids is 1. The monoisotopic (exact) mass is 354 g/mol. The number of anilines is 1. The second-order valence-electron chi connectivity index (χ2n) is 5.87. The van der Waals surface area contributed by atoms with Crippen LogP contribution in [0, 0.1) is 0 Å². The summed E-state index contributed by atoms with van der Waals surface area (Å²) in [5.74, 6) is -0.241. The lowest BCUT2D eigenvalue weighted by molar-refractivity contribution is -0.139. The van der Waals surface area contributed by atoms with E-state index in [1.807, 2.05) is 0 Å². The molecule has 132 valence electrons. The third kappa shape index (κ3) is 5.03. The molecule has 2 N–H and O–H groups in total. The topological polar surface area (TPSA) is 78.9 Å². The van der Waals surface area contributed by atoms with Gasteiger partial charge in [-0.15, -0.1) is 0 Å². The molecule has 0 spiro atoms. The zero-order chi connectivity index (χ0) is 17.5. The van der Waals surface area contributed by atoms with Crippen LogP contribution < -0.4 is 10.1 Å². The van der Waals surface area contributed by atoms with E-state index in [0.29, 0.717) is 29.4 Å². The Hall–Kier alpha value is -1.95. The number of likely N-dealkylation sites (tertiary alicyclic amines) is 1. The maximum Gasteiger partial charge on any atom is 0.303 e. The highest BCUT2D eigenvalue weighted by Gasteiger charge is 2.26. The Bertz CT molecular complexity index is 594. The van der Waals surface area contributed by atoms with Gasteiger partial charge in [0.15, 0.2) is 0 Å². The number of carboxylic acid groups (broad SMARTS) is 1. The van der Waals surface area contributed by atoms with Crippen LogP contribution in [-0.4, -0.2) is 48.1 Å². The number of nitrogens with one attached hydrogen (secondary N) is 1. The molecule has 1 aliphatic rings. The normalized spacial score (nSPS) is 17.4. The predicted octanol–water partition coefficient (Wildman–Crippen LogP) is 3.01. The summed E-state index contributed by atoms with van der Waals surface area (Å²) in [6.45, 7) is 0.803. The largest absolute Gasteiger partial charge is 0.495 e. The van der Waals surface area contributed by atoms with Crippen molar-refractivity contribution in [2.75, 3.05) is 25.5 Å². The first-order valence-electron chi connectivity index (χ1n) is 8.10. The van der Waals surface area contributed by atoms with Crippen LogP contribution in [0.1, 0.15) is 32.1 Å². The molecule has 0 radical (unpaired) electrons. The number of nitrogens with zero attached hydrogens (tertiary/aromatic N) is 1. The number of carboxylic acids is 1. The zero-order valence-electron chi connectivity index (χ0n) is 13.8. The Labute approximate surface area is 146 Å². The van der Waals surface area contributed by atoms with Gasteiger partial charge < -0.3 is 20.1 Å². The highest BCUT2D eigenvalue weighted by atomic mass is 35.5. The second-order valence-corrected chi connectivity index (χ2v) is 6.30. The van der Waals surface area contributed by atoms with Crippen LogP contribution in [0.3, 0.4) is 0 Å². The van der Waals surface area contributed by atoms with E-state index in [1.165, 1.54) is 0 Å². The molecule has 7 heteroatoms. The Kier molecular flexibility index (Phi) is 6.73. The number of hydrogen-bond donors (Lipinski definition) is 2. The molecule has 1 atom stereocenters. The molecule has 0 aromatic heterocycles. The van der Waals surface area contributed by atoms with Crippen molar-refractivity contribution >= 4 is 29.2 Å². The van der Waals surface area contributed by atoms with E-state index >= 15 is 0 Å². The van der Waals surface area contributed by atoms with E-state index in [4.69, 9.17) is 21.4 Å². The number of benzene rings is 1. The van der Waals surface area contributed by atoms with Crippen molar-refractivity contribution in [2.45, 2.75) is 38.1 Å². The lowest BCUT2D eigenvalue weighted by Gasteiger charge is -2.36. The van der Waals surface area contributed by atoms with Crippen molar-refractivity contribution in [1.29, 1.82) is 0 Å². The zero-order valence-corrected chi connectivity index (χ0v) is 14.5. The average Bonchev–Trinajstić information content (AvgIpc) is 2.58. The van der Waals surface area contributed by atoms with Crippen molar-refractivity contribution < 1.29 is 19.4 Å². The van der Waals surface area contributed by atoms with Gasteiger partial charge in [-0.25, -0.2) is 0 Å². The van der Waals surface area contributed by atoms with E-state index in [2.05, 4.69) is 5.32 Å². The maximum absolute atomic E-state index is 12.6. The number of ether oxygens (including phenoxy) is 1. The number of amides is 1. The summed E-state index contributed by atoms with van der Waals surface area (Å²) in [5, 5.41) is 12.5. The Morgan fingerprint density at radius 1 is 1.42 bits per heavy atom. The number of aliphatic carboxylic acids is 1. The Morgan fingerprint density at radius 2 is 2.21 bits per heavy atom. The highest BCUT2D eigenvalue weighted by Crippen LogP contribution is 2.28. The molecular weight excluding hydrogens is 332 g/mol. The molecule has 1 amide bonds. The molecule has 0 aliphatic carbocycles. The summed E-state index contributed by atoms with van der Waals surface area (Å²) < 4.78 is 5.25. The smallest absolute Gasteiger partial charge is 0.303 e. The van der Waals surface area contributed by atoms with Crippen LogP contribution in [0.2, 0.25) is 5.02 Å². The molecule has 0 bridgehead atoms. The van der Waals surface area contributed by atoms with Gasteiger partial charge in [0.1, 0.15) is 5.75 Å². The van der Waals surface area contributed by atoms with Gasteiger partial charge in [0.25, 0.3) is 0 Å². The fourth-order valence-corrected chi connectivity index (χ4v) is 3.18. The van der Waals surface area contributed by atoms with E-state index in [0.717, 1.165) is 19.3 Å². The molecule has 0 saturated carbocycles. The Morgan fingerprint density at radius 3 is 2.92 bits per heavy atom. The number of halogens is 1. The van der Waals surface area contributed by atoms with Crippen LogP contribution in [0.4, 0.5) is 5.69 Å². The number of piperidine rings is 1. The predicted molar refractivity (Wildman–Crippen MR) is 92.7 cm³/mol. The molecular formula is C17H23ClN2O4. The third-order valence-corrected chi connectivity index (χ3v) is 4.47. The fourth-order valence-electron chi connectivity index (χ4n) is 3.01. The van der Waals surface area contributed by atoms with Gasteiger partial charge in [-0.2, -0.15) is 0 Å². The SMILES string of the molecule is COc1ccc(Cl)cc1NCC(=O)N1CCCCC1CCC(=O)O. The maximum atomic E-state index is 12.6.